The summed E-state index contributed by atoms with van der Waals surface area (Å²) in [5, 5.41) is 8.73. The monoisotopic (exact) mass is 291 g/mol. The minimum atomic E-state index is -5.68. The Hall–Kier alpha value is -1.75. The van der Waals surface area contributed by atoms with Crippen LogP contribution in [-0.2, 0) is 10.1 Å². The van der Waals surface area contributed by atoms with Gasteiger partial charge in [0, 0.05) is 5.56 Å². The first-order chi connectivity index (χ1) is 8.74. The molecule has 0 unspecified atom stereocenters. The Balaban J connectivity index is 2.39. The first-order valence-electron chi connectivity index (χ1n) is 5.29. The molecule has 1 aliphatic carbocycles. The van der Waals surface area contributed by atoms with Crippen LogP contribution in [0.4, 0.5) is 13.2 Å². The van der Waals surface area contributed by atoms with Gasteiger partial charge in [0.1, 0.15) is 5.75 Å². The fraction of sp³-hybridized carbons (Fsp3) is 0.364. The third-order valence-corrected chi connectivity index (χ3v) is 3.60. The smallest absolute Gasteiger partial charge is 0.376 e. The van der Waals surface area contributed by atoms with Crippen LogP contribution in [0.5, 0.6) is 5.75 Å². The third kappa shape index (κ3) is 2.81. The van der Waals surface area contributed by atoms with Gasteiger partial charge in [-0.1, -0.05) is 0 Å². The van der Waals surface area contributed by atoms with Gasteiger partial charge in [-0.2, -0.15) is 26.9 Å². The van der Waals surface area contributed by atoms with Gasteiger partial charge in [-0.25, -0.2) is 0 Å². The van der Waals surface area contributed by atoms with Gasteiger partial charge in [-0.3, -0.25) is 0 Å². The highest BCUT2D eigenvalue weighted by Crippen LogP contribution is 2.45. The van der Waals surface area contributed by atoms with Crippen molar-refractivity contribution in [2.45, 2.75) is 24.3 Å². The summed E-state index contributed by atoms with van der Waals surface area (Å²) in [6, 6.07) is 5.50. The highest BCUT2D eigenvalue weighted by Gasteiger charge is 2.49. The number of hydrogen-bond donors (Lipinski definition) is 0. The van der Waals surface area contributed by atoms with Crippen LogP contribution in [0.25, 0.3) is 0 Å². The van der Waals surface area contributed by atoms with Gasteiger partial charge in [0.05, 0.1) is 11.6 Å². The summed E-state index contributed by atoms with van der Waals surface area (Å²) < 4.78 is 62.8. The van der Waals surface area contributed by atoms with E-state index in [4.69, 9.17) is 5.26 Å². The van der Waals surface area contributed by atoms with E-state index in [0.29, 0.717) is 5.56 Å². The maximum Gasteiger partial charge on any atom is 0.534 e. The van der Waals surface area contributed by atoms with Crippen molar-refractivity contribution in [1.29, 1.82) is 5.26 Å². The van der Waals surface area contributed by atoms with Gasteiger partial charge in [0.15, 0.2) is 0 Å². The number of alkyl halides is 3. The van der Waals surface area contributed by atoms with E-state index < -0.39 is 15.6 Å². The molecule has 1 aromatic rings. The molecule has 102 valence electrons. The van der Waals surface area contributed by atoms with E-state index in [1.54, 1.807) is 0 Å². The van der Waals surface area contributed by atoms with Crippen molar-refractivity contribution in [3.05, 3.63) is 29.3 Å². The number of benzene rings is 1. The lowest BCUT2D eigenvalue weighted by atomic mass is 10.1. The lowest BCUT2D eigenvalue weighted by Gasteiger charge is -2.12. The quantitative estimate of drug-likeness (QED) is 0.634. The fourth-order valence-electron chi connectivity index (χ4n) is 1.57. The van der Waals surface area contributed by atoms with Crippen molar-refractivity contribution in [3.63, 3.8) is 0 Å². The molecule has 2 rings (SSSR count). The Morgan fingerprint density at radius 3 is 2.42 bits per heavy atom. The summed E-state index contributed by atoms with van der Waals surface area (Å²) in [6.07, 6.45) is 1.47. The van der Waals surface area contributed by atoms with Gasteiger partial charge in [0.25, 0.3) is 0 Å². The molecule has 0 aromatic heterocycles. The number of halogens is 3. The zero-order valence-electron chi connectivity index (χ0n) is 9.44. The van der Waals surface area contributed by atoms with E-state index in [9.17, 15) is 21.6 Å². The van der Waals surface area contributed by atoms with Crippen molar-refractivity contribution in [3.8, 4) is 11.8 Å². The van der Waals surface area contributed by atoms with Crippen molar-refractivity contribution in [2.75, 3.05) is 0 Å². The second-order valence-corrected chi connectivity index (χ2v) is 5.66. The van der Waals surface area contributed by atoms with E-state index in [0.717, 1.165) is 18.9 Å². The molecule has 0 aliphatic heterocycles. The minimum absolute atomic E-state index is 0.0493. The topological polar surface area (TPSA) is 67.2 Å². The summed E-state index contributed by atoms with van der Waals surface area (Å²) >= 11 is 0. The van der Waals surface area contributed by atoms with Gasteiger partial charge >= 0.3 is 15.6 Å². The molecule has 0 atom stereocenters. The Kier molecular flexibility index (Phi) is 3.18. The van der Waals surface area contributed by atoms with Crippen LogP contribution in [0.15, 0.2) is 18.2 Å². The molecule has 0 N–H and O–H groups in total. The molecule has 19 heavy (non-hydrogen) atoms. The minimum Gasteiger partial charge on any atom is -0.376 e. The molecule has 4 nitrogen and oxygen atoms in total. The predicted molar refractivity (Wildman–Crippen MR) is 58.7 cm³/mol. The van der Waals surface area contributed by atoms with Crippen LogP contribution in [-0.4, -0.2) is 13.9 Å². The molecule has 1 fully saturated rings. The van der Waals surface area contributed by atoms with Crippen LogP contribution in [0, 0.1) is 11.3 Å². The second-order valence-electron chi connectivity index (χ2n) is 4.12. The first kappa shape index (κ1) is 13.7. The van der Waals surface area contributed by atoms with Crippen molar-refractivity contribution in [1.82, 2.24) is 0 Å². The highest BCUT2D eigenvalue weighted by atomic mass is 32.2. The van der Waals surface area contributed by atoms with Crippen LogP contribution in [0.1, 0.15) is 29.9 Å². The van der Waals surface area contributed by atoms with Crippen LogP contribution < -0.4 is 4.18 Å². The largest absolute Gasteiger partial charge is 0.534 e. The molecule has 1 saturated carbocycles. The van der Waals surface area contributed by atoms with E-state index in [1.807, 2.05) is 6.07 Å². The number of hydrogen-bond acceptors (Lipinski definition) is 4. The number of nitriles is 1. The third-order valence-electron chi connectivity index (χ3n) is 2.64. The Morgan fingerprint density at radius 1 is 1.32 bits per heavy atom. The predicted octanol–water partition coefficient (Wildman–Crippen LogP) is 2.66. The lowest BCUT2D eigenvalue weighted by Crippen LogP contribution is -2.28. The molecular formula is C11H8F3NO3S. The molecule has 0 heterocycles. The zero-order valence-corrected chi connectivity index (χ0v) is 10.3. The maximum atomic E-state index is 12.2. The van der Waals surface area contributed by atoms with Gasteiger partial charge < -0.3 is 4.18 Å². The molecule has 0 saturated heterocycles. The maximum absolute atomic E-state index is 12.2. The fourth-order valence-corrected chi connectivity index (χ4v) is 2.06. The Labute approximate surface area is 107 Å². The molecule has 0 amide bonds. The Bertz CT molecular complexity index is 642. The normalized spacial score (nSPS) is 15.9. The summed E-state index contributed by atoms with van der Waals surface area (Å²) in [6.45, 7) is 0. The van der Waals surface area contributed by atoms with Crippen LogP contribution >= 0.6 is 0 Å². The zero-order chi connectivity index (χ0) is 14.3. The molecule has 0 bridgehead atoms. The summed E-state index contributed by atoms with van der Waals surface area (Å²) in [5.41, 5.74) is -4.90. The molecule has 1 aromatic carbocycles. The summed E-state index contributed by atoms with van der Waals surface area (Å²) in [5.74, 6) is -0.412. The van der Waals surface area contributed by atoms with Crippen LogP contribution in [0.3, 0.4) is 0 Å². The standard InChI is InChI=1S/C11H8F3NO3S/c12-11(13,14)19(16,17)18-10-4-1-7(6-15)5-9(10)8-2-3-8/h1,4-5,8H,2-3H2. The molecule has 8 heteroatoms. The summed E-state index contributed by atoms with van der Waals surface area (Å²) in [4.78, 5) is 0. The van der Waals surface area contributed by atoms with Crippen molar-refractivity contribution in [2.24, 2.45) is 0 Å². The molecular weight excluding hydrogens is 283 g/mol. The molecule has 0 spiro atoms. The van der Waals surface area contributed by atoms with Crippen molar-refractivity contribution < 1.29 is 25.8 Å². The highest BCUT2D eigenvalue weighted by molar-refractivity contribution is 7.88. The molecule has 0 radical (unpaired) electrons. The van der Waals surface area contributed by atoms with Crippen LogP contribution in [0.2, 0.25) is 0 Å². The molecule has 1 aliphatic rings. The average Bonchev–Trinajstić information content (AvgIpc) is 3.11. The van der Waals surface area contributed by atoms with E-state index >= 15 is 0 Å². The second kappa shape index (κ2) is 4.42. The van der Waals surface area contributed by atoms with E-state index in [1.165, 1.54) is 12.1 Å². The van der Waals surface area contributed by atoms with E-state index in [2.05, 4.69) is 4.18 Å². The van der Waals surface area contributed by atoms with Crippen molar-refractivity contribution >= 4 is 10.1 Å². The van der Waals surface area contributed by atoms with E-state index in [-0.39, 0.29) is 17.2 Å². The van der Waals surface area contributed by atoms with Gasteiger partial charge in [-0.05, 0) is 37.0 Å². The number of nitrogens with zero attached hydrogens (tertiary/aromatic N) is 1. The number of rotatable bonds is 3. The Morgan fingerprint density at radius 2 is 1.95 bits per heavy atom. The van der Waals surface area contributed by atoms with Gasteiger partial charge in [0.2, 0.25) is 0 Å². The average molecular weight is 291 g/mol. The van der Waals surface area contributed by atoms with Gasteiger partial charge in [-0.15, -0.1) is 0 Å². The summed E-state index contributed by atoms with van der Waals surface area (Å²) in [7, 11) is -5.68. The first-order valence-corrected chi connectivity index (χ1v) is 6.70. The SMILES string of the molecule is N#Cc1ccc(OS(=O)(=O)C(F)(F)F)c(C2CC2)c1. The lowest BCUT2D eigenvalue weighted by molar-refractivity contribution is -0.0500.